The predicted octanol–water partition coefficient (Wildman–Crippen LogP) is 4.13. The van der Waals surface area contributed by atoms with Crippen LogP contribution in [0.4, 0.5) is 0 Å². The molecule has 5 nitrogen and oxygen atoms in total. The van der Waals surface area contributed by atoms with Gasteiger partial charge in [0.25, 0.3) is 0 Å². The number of halogens is 1. The molecule has 1 aromatic heterocycles. The molecule has 3 rings (SSSR count). The van der Waals surface area contributed by atoms with Gasteiger partial charge in [-0.1, -0.05) is 29.8 Å². The Balaban J connectivity index is 2.02. The molecule has 0 fully saturated rings. The molecule has 0 spiro atoms. The van der Waals surface area contributed by atoms with E-state index in [1.165, 1.54) is 7.11 Å². The molecule has 6 heteroatoms. The van der Waals surface area contributed by atoms with Gasteiger partial charge in [-0.3, -0.25) is 0 Å². The normalized spacial score (nSPS) is 10.7. The van der Waals surface area contributed by atoms with Gasteiger partial charge < -0.3 is 9.47 Å². The molecule has 0 amide bonds. The summed E-state index contributed by atoms with van der Waals surface area (Å²) < 4.78 is 10.7. The van der Waals surface area contributed by atoms with Gasteiger partial charge >= 0.3 is 5.97 Å². The topological polar surface area (TPSA) is 61.3 Å². The van der Waals surface area contributed by atoms with Crippen LogP contribution in [0.25, 0.3) is 11.0 Å². The second kappa shape index (κ2) is 6.45. The first-order valence-corrected chi connectivity index (χ1v) is 7.67. The van der Waals surface area contributed by atoms with Crippen molar-refractivity contribution in [2.75, 3.05) is 7.11 Å². The highest BCUT2D eigenvalue weighted by Gasteiger charge is 2.22. The minimum absolute atomic E-state index is 0.151. The zero-order chi connectivity index (χ0) is 17.3. The predicted molar refractivity (Wildman–Crippen MR) is 92.0 cm³/mol. The van der Waals surface area contributed by atoms with E-state index < -0.39 is 5.97 Å². The average Bonchev–Trinajstić information content (AvgIpc) is 2.57. The van der Waals surface area contributed by atoms with Crippen LogP contribution in [0.3, 0.4) is 0 Å². The van der Waals surface area contributed by atoms with Crippen molar-refractivity contribution in [1.29, 1.82) is 0 Å². The molecule has 3 aromatic rings. The van der Waals surface area contributed by atoms with Crippen LogP contribution in [0.1, 0.15) is 21.6 Å². The van der Waals surface area contributed by atoms with Crippen molar-refractivity contribution in [3.63, 3.8) is 0 Å². The minimum atomic E-state index is -0.631. The zero-order valence-electron chi connectivity index (χ0n) is 13.5. The van der Waals surface area contributed by atoms with Crippen LogP contribution in [0.5, 0.6) is 11.6 Å². The van der Waals surface area contributed by atoms with Crippen LogP contribution in [0.15, 0.2) is 36.4 Å². The molecular weight excluding hydrogens is 328 g/mol. The summed E-state index contributed by atoms with van der Waals surface area (Å²) >= 11 is 6.16. The van der Waals surface area contributed by atoms with Gasteiger partial charge in [0.1, 0.15) is 17.0 Å². The van der Waals surface area contributed by atoms with Gasteiger partial charge in [0.15, 0.2) is 0 Å². The highest BCUT2D eigenvalue weighted by molar-refractivity contribution is 6.34. The number of fused-ring (bicyclic) bond motifs is 1. The number of para-hydroxylation sites is 2. The van der Waals surface area contributed by atoms with E-state index in [1.54, 1.807) is 25.1 Å². The number of carbonyl (C=O) groups is 1. The van der Waals surface area contributed by atoms with E-state index in [4.69, 9.17) is 21.1 Å². The average molecular weight is 343 g/mol. The van der Waals surface area contributed by atoms with Crippen molar-refractivity contribution in [2.24, 2.45) is 0 Å². The highest BCUT2D eigenvalue weighted by Crippen LogP contribution is 2.31. The largest absolute Gasteiger partial charge is 0.496 e. The van der Waals surface area contributed by atoms with E-state index in [1.807, 2.05) is 25.1 Å². The third-order valence-corrected chi connectivity index (χ3v) is 3.92. The van der Waals surface area contributed by atoms with Gasteiger partial charge in [-0.15, -0.1) is 0 Å². The summed E-state index contributed by atoms with van der Waals surface area (Å²) in [6.45, 7) is 3.56. The fraction of sp³-hybridized carbons (Fsp3) is 0.167. The highest BCUT2D eigenvalue weighted by atomic mass is 35.5. The maximum Gasteiger partial charge on any atom is 0.350 e. The molecule has 0 saturated carbocycles. The quantitative estimate of drug-likeness (QED) is 0.670. The third kappa shape index (κ3) is 2.90. The van der Waals surface area contributed by atoms with Crippen molar-refractivity contribution in [3.8, 4) is 11.6 Å². The van der Waals surface area contributed by atoms with Gasteiger partial charge in [0, 0.05) is 0 Å². The van der Waals surface area contributed by atoms with Gasteiger partial charge in [-0.05, 0) is 37.6 Å². The van der Waals surface area contributed by atoms with Crippen LogP contribution < -0.4 is 9.47 Å². The van der Waals surface area contributed by atoms with Gasteiger partial charge in [0.2, 0.25) is 5.88 Å². The number of esters is 1. The molecule has 0 unspecified atom stereocenters. The molecule has 122 valence electrons. The number of carbonyl (C=O) groups excluding carboxylic acids is 1. The number of methoxy groups -OCH3 is 1. The molecule has 0 N–H and O–H groups in total. The molecular formula is C18H15ClN2O3. The third-order valence-electron chi connectivity index (χ3n) is 3.60. The lowest BCUT2D eigenvalue weighted by atomic mass is 10.1. The van der Waals surface area contributed by atoms with E-state index in [0.29, 0.717) is 17.0 Å². The molecule has 0 radical (unpaired) electrons. The van der Waals surface area contributed by atoms with E-state index in [2.05, 4.69) is 9.97 Å². The summed E-state index contributed by atoms with van der Waals surface area (Å²) in [5.74, 6) is -0.0922. The molecule has 0 aliphatic rings. The van der Waals surface area contributed by atoms with Crippen molar-refractivity contribution < 1.29 is 14.3 Å². The standard InChI is InChI=1S/C18H15ClN2O3/c1-10-8-9-12(19)15(16(10)23-3)18(22)24-17-11(2)20-13-6-4-5-7-14(13)21-17/h4-9H,1-3H3. The Labute approximate surface area is 144 Å². The summed E-state index contributed by atoms with van der Waals surface area (Å²) in [6.07, 6.45) is 0. The molecule has 0 saturated heterocycles. The number of nitrogens with zero attached hydrogens (tertiary/aromatic N) is 2. The first-order valence-electron chi connectivity index (χ1n) is 7.30. The number of hydrogen-bond donors (Lipinski definition) is 0. The second-order valence-electron chi connectivity index (χ2n) is 5.26. The van der Waals surface area contributed by atoms with Crippen LogP contribution in [0.2, 0.25) is 5.02 Å². The summed E-state index contributed by atoms with van der Waals surface area (Å²) in [5, 5.41) is 0.258. The molecule has 1 heterocycles. The minimum Gasteiger partial charge on any atom is -0.496 e. The lowest BCUT2D eigenvalue weighted by Crippen LogP contribution is -2.13. The number of aromatic nitrogens is 2. The molecule has 0 bridgehead atoms. The molecule has 24 heavy (non-hydrogen) atoms. The van der Waals surface area contributed by atoms with Gasteiger partial charge in [0.05, 0.1) is 23.2 Å². The Morgan fingerprint density at radius 2 is 1.71 bits per heavy atom. The molecule has 0 aliphatic heterocycles. The smallest absolute Gasteiger partial charge is 0.350 e. The summed E-state index contributed by atoms with van der Waals surface area (Å²) in [7, 11) is 1.48. The fourth-order valence-corrected chi connectivity index (χ4v) is 2.65. The van der Waals surface area contributed by atoms with Crippen LogP contribution >= 0.6 is 11.6 Å². The Morgan fingerprint density at radius 1 is 1.04 bits per heavy atom. The van der Waals surface area contributed by atoms with Crippen LogP contribution in [-0.4, -0.2) is 23.0 Å². The second-order valence-corrected chi connectivity index (χ2v) is 5.67. The van der Waals surface area contributed by atoms with E-state index in [9.17, 15) is 4.79 Å². The Bertz CT molecular complexity index is 941. The van der Waals surface area contributed by atoms with E-state index in [0.717, 1.165) is 11.1 Å². The van der Waals surface area contributed by atoms with Crippen molar-refractivity contribution >= 4 is 28.6 Å². The number of hydrogen-bond acceptors (Lipinski definition) is 5. The number of aryl methyl sites for hydroxylation is 2. The Kier molecular flexibility index (Phi) is 4.36. The summed E-state index contributed by atoms with van der Waals surface area (Å²) in [6, 6.07) is 10.8. The number of rotatable bonds is 3. The SMILES string of the molecule is COc1c(C)ccc(Cl)c1C(=O)Oc1nc2ccccc2nc1C. The van der Waals surface area contributed by atoms with Crippen LogP contribution in [-0.2, 0) is 0 Å². The molecule has 0 atom stereocenters. The maximum atomic E-state index is 12.6. The summed E-state index contributed by atoms with van der Waals surface area (Å²) in [5.41, 5.74) is 2.86. The zero-order valence-corrected chi connectivity index (χ0v) is 14.2. The number of ether oxygens (including phenoxy) is 2. The van der Waals surface area contributed by atoms with Crippen molar-refractivity contribution in [1.82, 2.24) is 9.97 Å². The number of benzene rings is 2. The first kappa shape index (κ1) is 16.2. The Morgan fingerprint density at radius 3 is 2.38 bits per heavy atom. The first-order chi connectivity index (χ1) is 11.5. The monoisotopic (exact) mass is 342 g/mol. The van der Waals surface area contributed by atoms with Gasteiger partial charge in [-0.2, -0.15) is 0 Å². The molecule has 0 aliphatic carbocycles. The summed E-state index contributed by atoms with van der Waals surface area (Å²) in [4.78, 5) is 21.4. The van der Waals surface area contributed by atoms with Crippen molar-refractivity contribution in [3.05, 3.63) is 58.2 Å². The van der Waals surface area contributed by atoms with E-state index >= 15 is 0 Å². The Hall–Kier alpha value is -2.66. The lowest BCUT2D eigenvalue weighted by molar-refractivity contribution is 0.0722. The maximum absolute atomic E-state index is 12.6. The lowest BCUT2D eigenvalue weighted by Gasteiger charge is -2.13. The van der Waals surface area contributed by atoms with Gasteiger partial charge in [-0.25, -0.2) is 14.8 Å². The molecule has 2 aromatic carbocycles. The van der Waals surface area contributed by atoms with Crippen molar-refractivity contribution in [2.45, 2.75) is 13.8 Å². The fourth-order valence-electron chi connectivity index (χ4n) is 2.42. The van der Waals surface area contributed by atoms with E-state index in [-0.39, 0.29) is 16.5 Å². The van der Waals surface area contributed by atoms with Crippen LogP contribution in [0, 0.1) is 13.8 Å².